The second-order valence-corrected chi connectivity index (χ2v) is 5.13. The zero-order chi connectivity index (χ0) is 14.3. The molecule has 1 rings (SSSR count). The number of nitrogens with one attached hydrogen (secondary N) is 2. The van der Waals surface area contributed by atoms with Crippen molar-refractivity contribution in [2.24, 2.45) is 5.92 Å². The topological polar surface area (TPSA) is 61.4 Å². The highest BCUT2D eigenvalue weighted by atomic mass is 16.2. The molecule has 0 aromatic carbocycles. The Morgan fingerprint density at radius 2 is 2.00 bits per heavy atom. The van der Waals surface area contributed by atoms with Crippen molar-refractivity contribution in [1.82, 2.24) is 15.5 Å². The van der Waals surface area contributed by atoms with Crippen LogP contribution in [0.4, 0.5) is 0 Å². The van der Waals surface area contributed by atoms with Gasteiger partial charge in [-0.15, -0.1) is 6.42 Å². The van der Waals surface area contributed by atoms with Gasteiger partial charge < -0.3 is 10.2 Å². The maximum atomic E-state index is 11.8. The molecule has 1 fully saturated rings. The number of terminal acetylenes is 1. The molecule has 0 aromatic rings. The van der Waals surface area contributed by atoms with E-state index in [-0.39, 0.29) is 30.3 Å². The maximum Gasteiger partial charge on any atom is 0.234 e. The van der Waals surface area contributed by atoms with Gasteiger partial charge in [-0.3, -0.25) is 14.9 Å². The van der Waals surface area contributed by atoms with E-state index in [9.17, 15) is 9.59 Å². The van der Waals surface area contributed by atoms with Gasteiger partial charge in [0.25, 0.3) is 0 Å². The Hall–Kier alpha value is -1.54. The minimum Gasteiger partial charge on any atom is -0.352 e. The van der Waals surface area contributed by atoms with Crippen molar-refractivity contribution >= 4 is 11.8 Å². The van der Waals surface area contributed by atoms with Crippen LogP contribution in [0.25, 0.3) is 0 Å². The molecule has 19 heavy (non-hydrogen) atoms. The first kappa shape index (κ1) is 15.5. The summed E-state index contributed by atoms with van der Waals surface area (Å²) >= 11 is 0. The molecule has 106 valence electrons. The lowest BCUT2D eigenvalue weighted by Gasteiger charge is -2.33. The fourth-order valence-corrected chi connectivity index (χ4v) is 2.14. The minimum absolute atomic E-state index is 0.0381. The number of piperidine rings is 1. The third-order valence-electron chi connectivity index (χ3n) is 3.18. The summed E-state index contributed by atoms with van der Waals surface area (Å²) < 4.78 is 0. The van der Waals surface area contributed by atoms with E-state index >= 15 is 0 Å². The predicted octanol–water partition coefficient (Wildman–Crippen LogP) is -0.0276. The molecule has 2 amide bonds. The highest BCUT2D eigenvalue weighted by Crippen LogP contribution is 2.13. The summed E-state index contributed by atoms with van der Waals surface area (Å²) in [4.78, 5) is 25.3. The SMILES string of the molecule is C#CCNCC(=O)NC1CCN(C(=O)C(C)C)CC1. The predicted molar refractivity (Wildman–Crippen MR) is 74.3 cm³/mol. The highest BCUT2D eigenvalue weighted by Gasteiger charge is 2.24. The number of likely N-dealkylation sites (tertiary alicyclic amines) is 1. The third kappa shape index (κ3) is 5.31. The summed E-state index contributed by atoms with van der Waals surface area (Å²) in [6, 6.07) is 0.163. The van der Waals surface area contributed by atoms with Gasteiger partial charge in [-0.1, -0.05) is 19.8 Å². The smallest absolute Gasteiger partial charge is 0.234 e. The molecule has 0 spiro atoms. The Kier molecular flexibility index (Phi) is 6.37. The summed E-state index contributed by atoms with van der Waals surface area (Å²) in [5.41, 5.74) is 0. The van der Waals surface area contributed by atoms with E-state index in [1.807, 2.05) is 18.7 Å². The molecule has 0 atom stereocenters. The van der Waals surface area contributed by atoms with Crippen LogP contribution in [0.3, 0.4) is 0 Å². The zero-order valence-corrected chi connectivity index (χ0v) is 11.7. The number of carbonyl (C=O) groups excluding carboxylic acids is 2. The van der Waals surface area contributed by atoms with E-state index < -0.39 is 0 Å². The van der Waals surface area contributed by atoms with Gasteiger partial charge >= 0.3 is 0 Å². The molecule has 0 unspecified atom stereocenters. The molecule has 2 N–H and O–H groups in total. The lowest BCUT2D eigenvalue weighted by molar-refractivity contribution is -0.135. The van der Waals surface area contributed by atoms with E-state index in [1.54, 1.807) is 0 Å². The van der Waals surface area contributed by atoms with Gasteiger partial charge in [0, 0.05) is 25.0 Å². The van der Waals surface area contributed by atoms with Crippen molar-refractivity contribution in [2.75, 3.05) is 26.2 Å². The largest absolute Gasteiger partial charge is 0.352 e. The molecule has 1 saturated heterocycles. The Balaban J connectivity index is 2.25. The quantitative estimate of drug-likeness (QED) is 0.542. The minimum atomic E-state index is -0.0381. The number of carbonyl (C=O) groups is 2. The fraction of sp³-hybridized carbons (Fsp3) is 0.714. The normalized spacial score (nSPS) is 16.2. The van der Waals surface area contributed by atoms with Gasteiger partial charge in [-0.05, 0) is 12.8 Å². The molecule has 5 heteroatoms. The summed E-state index contributed by atoms with van der Waals surface area (Å²) in [6.45, 7) is 5.91. The summed E-state index contributed by atoms with van der Waals surface area (Å²) in [5, 5.41) is 5.81. The Bertz CT molecular complexity index is 352. The van der Waals surface area contributed by atoms with Gasteiger partial charge in [-0.25, -0.2) is 0 Å². The van der Waals surface area contributed by atoms with E-state index in [2.05, 4.69) is 16.6 Å². The van der Waals surface area contributed by atoms with Crippen LogP contribution in [-0.2, 0) is 9.59 Å². The van der Waals surface area contributed by atoms with Crippen molar-refractivity contribution in [3.05, 3.63) is 0 Å². The van der Waals surface area contributed by atoms with Gasteiger partial charge in [0.2, 0.25) is 11.8 Å². The first-order valence-electron chi connectivity index (χ1n) is 6.77. The molecule has 0 radical (unpaired) electrons. The van der Waals surface area contributed by atoms with Crippen LogP contribution in [0.1, 0.15) is 26.7 Å². The van der Waals surface area contributed by atoms with Crippen molar-refractivity contribution in [3.63, 3.8) is 0 Å². The van der Waals surface area contributed by atoms with Crippen LogP contribution >= 0.6 is 0 Å². The van der Waals surface area contributed by atoms with Crippen LogP contribution in [0.15, 0.2) is 0 Å². The molecule has 0 bridgehead atoms. The Morgan fingerprint density at radius 1 is 1.37 bits per heavy atom. The summed E-state index contributed by atoms with van der Waals surface area (Å²) in [5.74, 6) is 2.62. The first-order valence-corrected chi connectivity index (χ1v) is 6.77. The maximum absolute atomic E-state index is 11.8. The Labute approximate surface area is 115 Å². The number of amides is 2. The van der Waals surface area contributed by atoms with Crippen LogP contribution in [-0.4, -0.2) is 48.9 Å². The summed E-state index contributed by atoms with van der Waals surface area (Å²) in [7, 11) is 0. The average molecular weight is 265 g/mol. The lowest BCUT2D eigenvalue weighted by Crippen LogP contribution is -2.49. The molecule has 0 saturated carbocycles. The fourth-order valence-electron chi connectivity index (χ4n) is 2.14. The monoisotopic (exact) mass is 265 g/mol. The molecular formula is C14H23N3O2. The molecule has 1 heterocycles. The van der Waals surface area contributed by atoms with Crippen molar-refractivity contribution in [3.8, 4) is 12.3 Å². The molecule has 0 aliphatic carbocycles. The van der Waals surface area contributed by atoms with E-state index in [4.69, 9.17) is 6.42 Å². The molecule has 5 nitrogen and oxygen atoms in total. The zero-order valence-electron chi connectivity index (χ0n) is 11.7. The first-order chi connectivity index (χ1) is 9.04. The van der Waals surface area contributed by atoms with Crippen LogP contribution in [0, 0.1) is 18.3 Å². The molecular weight excluding hydrogens is 242 g/mol. The number of rotatable bonds is 5. The van der Waals surface area contributed by atoms with Crippen LogP contribution in [0.5, 0.6) is 0 Å². The summed E-state index contributed by atoms with van der Waals surface area (Å²) in [6.07, 6.45) is 6.72. The van der Waals surface area contributed by atoms with Gasteiger partial charge in [0.15, 0.2) is 0 Å². The van der Waals surface area contributed by atoms with Gasteiger partial charge in [0.05, 0.1) is 13.1 Å². The van der Waals surface area contributed by atoms with E-state index in [0.717, 1.165) is 25.9 Å². The third-order valence-corrected chi connectivity index (χ3v) is 3.18. The molecule has 1 aliphatic heterocycles. The van der Waals surface area contributed by atoms with Crippen molar-refractivity contribution < 1.29 is 9.59 Å². The second-order valence-electron chi connectivity index (χ2n) is 5.13. The lowest BCUT2D eigenvalue weighted by atomic mass is 10.0. The van der Waals surface area contributed by atoms with Gasteiger partial charge in [0.1, 0.15) is 0 Å². The average Bonchev–Trinajstić information content (AvgIpc) is 2.39. The van der Waals surface area contributed by atoms with Crippen LogP contribution < -0.4 is 10.6 Å². The number of hydrogen-bond acceptors (Lipinski definition) is 3. The van der Waals surface area contributed by atoms with Crippen molar-refractivity contribution in [2.45, 2.75) is 32.7 Å². The van der Waals surface area contributed by atoms with Crippen LogP contribution in [0.2, 0.25) is 0 Å². The van der Waals surface area contributed by atoms with E-state index in [0.29, 0.717) is 6.54 Å². The van der Waals surface area contributed by atoms with Crippen molar-refractivity contribution in [1.29, 1.82) is 0 Å². The number of nitrogens with zero attached hydrogens (tertiary/aromatic N) is 1. The second kappa shape index (κ2) is 7.80. The molecule has 1 aliphatic rings. The highest BCUT2D eigenvalue weighted by molar-refractivity contribution is 5.79. The number of hydrogen-bond donors (Lipinski definition) is 2. The standard InChI is InChI=1S/C14H23N3O2/c1-4-7-15-10-13(18)16-12-5-8-17(9-6-12)14(19)11(2)3/h1,11-12,15H,5-10H2,2-3H3,(H,16,18). The van der Waals surface area contributed by atoms with Gasteiger partial charge in [-0.2, -0.15) is 0 Å². The Morgan fingerprint density at radius 3 is 2.53 bits per heavy atom. The van der Waals surface area contributed by atoms with E-state index in [1.165, 1.54) is 0 Å². The molecule has 0 aromatic heterocycles.